The molecule has 23 heavy (non-hydrogen) atoms. The van der Waals surface area contributed by atoms with Crippen molar-refractivity contribution in [1.82, 2.24) is 15.0 Å². The molecule has 8 heteroatoms. The maximum absolute atomic E-state index is 11.0. The third-order valence-corrected chi connectivity index (χ3v) is 3.78. The van der Waals surface area contributed by atoms with Crippen molar-refractivity contribution in [2.75, 3.05) is 31.1 Å². The SMILES string of the molecule is N#Cc1ccccc1N1CCN(Cc2nc(C(N)=O)no2)CC1. The summed E-state index contributed by atoms with van der Waals surface area (Å²) in [5, 5.41) is 12.7. The van der Waals surface area contributed by atoms with E-state index >= 15 is 0 Å². The first-order chi connectivity index (χ1) is 11.2. The van der Waals surface area contributed by atoms with E-state index in [1.54, 1.807) is 0 Å². The average Bonchev–Trinajstić information content (AvgIpc) is 3.04. The number of nitrogens with zero attached hydrogens (tertiary/aromatic N) is 5. The zero-order valence-electron chi connectivity index (χ0n) is 12.5. The van der Waals surface area contributed by atoms with Crippen molar-refractivity contribution in [3.05, 3.63) is 41.5 Å². The number of primary amides is 1. The van der Waals surface area contributed by atoms with Gasteiger partial charge in [-0.3, -0.25) is 9.69 Å². The molecule has 8 nitrogen and oxygen atoms in total. The molecule has 0 bridgehead atoms. The molecular weight excluding hydrogens is 296 g/mol. The Morgan fingerprint density at radius 1 is 1.30 bits per heavy atom. The van der Waals surface area contributed by atoms with Crippen LogP contribution < -0.4 is 10.6 Å². The molecule has 2 N–H and O–H groups in total. The van der Waals surface area contributed by atoms with Gasteiger partial charge in [-0.2, -0.15) is 10.2 Å². The molecule has 0 unspecified atom stereocenters. The highest BCUT2D eigenvalue weighted by atomic mass is 16.5. The van der Waals surface area contributed by atoms with Crippen molar-refractivity contribution in [3.63, 3.8) is 0 Å². The van der Waals surface area contributed by atoms with Crippen LogP contribution >= 0.6 is 0 Å². The number of hydrogen-bond donors (Lipinski definition) is 1. The number of anilines is 1. The Labute approximate surface area is 133 Å². The molecule has 0 atom stereocenters. The minimum Gasteiger partial charge on any atom is -0.368 e. The second kappa shape index (κ2) is 6.46. The molecule has 1 aliphatic rings. The van der Waals surface area contributed by atoms with E-state index in [4.69, 9.17) is 10.3 Å². The summed E-state index contributed by atoms with van der Waals surface area (Å²) in [6.07, 6.45) is 0. The first kappa shape index (κ1) is 15.0. The third-order valence-electron chi connectivity index (χ3n) is 3.78. The first-order valence-electron chi connectivity index (χ1n) is 7.26. The monoisotopic (exact) mass is 312 g/mol. The van der Waals surface area contributed by atoms with Gasteiger partial charge in [0.1, 0.15) is 6.07 Å². The normalized spacial score (nSPS) is 15.3. The molecule has 3 rings (SSSR count). The van der Waals surface area contributed by atoms with Crippen LogP contribution in [0.3, 0.4) is 0 Å². The van der Waals surface area contributed by atoms with E-state index in [2.05, 4.69) is 26.0 Å². The van der Waals surface area contributed by atoms with E-state index < -0.39 is 5.91 Å². The summed E-state index contributed by atoms with van der Waals surface area (Å²) in [5.41, 5.74) is 6.75. The number of nitriles is 1. The first-order valence-corrected chi connectivity index (χ1v) is 7.26. The number of benzene rings is 1. The molecule has 0 saturated carbocycles. The Bertz CT molecular complexity index is 742. The van der Waals surface area contributed by atoms with Gasteiger partial charge < -0.3 is 15.2 Å². The molecule has 0 spiro atoms. The molecule has 1 aliphatic heterocycles. The van der Waals surface area contributed by atoms with E-state index in [9.17, 15) is 10.1 Å². The minimum atomic E-state index is -0.696. The lowest BCUT2D eigenvalue weighted by Gasteiger charge is -2.35. The van der Waals surface area contributed by atoms with Gasteiger partial charge >= 0.3 is 0 Å². The number of carbonyl (C=O) groups excluding carboxylic acids is 1. The van der Waals surface area contributed by atoms with Crippen LogP contribution in [0, 0.1) is 11.3 Å². The van der Waals surface area contributed by atoms with Gasteiger partial charge in [-0.05, 0) is 12.1 Å². The Hall–Kier alpha value is -2.92. The van der Waals surface area contributed by atoms with Crippen LogP contribution in [-0.4, -0.2) is 47.1 Å². The lowest BCUT2D eigenvalue weighted by molar-refractivity contribution is 0.0987. The van der Waals surface area contributed by atoms with Crippen LogP contribution in [0.4, 0.5) is 5.69 Å². The summed E-state index contributed by atoms with van der Waals surface area (Å²) in [6, 6.07) is 9.82. The summed E-state index contributed by atoms with van der Waals surface area (Å²) in [6.45, 7) is 3.68. The molecule has 0 radical (unpaired) electrons. The average molecular weight is 312 g/mol. The largest absolute Gasteiger partial charge is 0.368 e. The zero-order valence-corrected chi connectivity index (χ0v) is 12.5. The topological polar surface area (TPSA) is 112 Å². The molecule has 118 valence electrons. The number of para-hydroxylation sites is 1. The van der Waals surface area contributed by atoms with E-state index in [0.717, 1.165) is 31.9 Å². The molecule has 1 saturated heterocycles. The van der Waals surface area contributed by atoms with Crippen LogP contribution in [0.1, 0.15) is 22.1 Å². The van der Waals surface area contributed by atoms with Gasteiger partial charge in [0.15, 0.2) is 0 Å². The number of amides is 1. The van der Waals surface area contributed by atoms with Crippen molar-refractivity contribution in [2.24, 2.45) is 5.73 Å². The number of carbonyl (C=O) groups is 1. The number of hydrogen-bond acceptors (Lipinski definition) is 7. The zero-order chi connectivity index (χ0) is 16.2. The Balaban J connectivity index is 1.60. The quantitative estimate of drug-likeness (QED) is 0.867. The minimum absolute atomic E-state index is 0.0958. The Kier molecular flexibility index (Phi) is 4.21. The van der Waals surface area contributed by atoms with Crippen molar-refractivity contribution in [3.8, 4) is 6.07 Å². The fourth-order valence-electron chi connectivity index (χ4n) is 2.60. The third kappa shape index (κ3) is 3.30. The van der Waals surface area contributed by atoms with E-state index in [0.29, 0.717) is 18.0 Å². The molecule has 2 heterocycles. The van der Waals surface area contributed by atoms with Gasteiger partial charge in [0.25, 0.3) is 11.7 Å². The lowest BCUT2D eigenvalue weighted by Crippen LogP contribution is -2.46. The Morgan fingerprint density at radius 2 is 2.04 bits per heavy atom. The highest BCUT2D eigenvalue weighted by molar-refractivity contribution is 5.88. The van der Waals surface area contributed by atoms with Gasteiger partial charge in [0.05, 0.1) is 17.8 Å². The van der Waals surface area contributed by atoms with Gasteiger partial charge in [0, 0.05) is 26.2 Å². The standard InChI is InChI=1S/C15H16N6O2/c16-9-11-3-1-2-4-12(11)21-7-5-20(6-8-21)10-13-18-15(14(17)22)19-23-13/h1-4H,5-8,10H2,(H2,17,22). The summed E-state index contributed by atoms with van der Waals surface area (Å²) in [7, 11) is 0. The second-order valence-electron chi connectivity index (χ2n) is 5.27. The van der Waals surface area contributed by atoms with Gasteiger partial charge in [-0.25, -0.2) is 0 Å². The fourth-order valence-corrected chi connectivity index (χ4v) is 2.60. The van der Waals surface area contributed by atoms with Gasteiger partial charge in [0.2, 0.25) is 5.89 Å². The number of aromatic nitrogens is 2. The molecule has 1 fully saturated rings. The number of piperazine rings is 1. The van der Waals surface area contributed by atoms with Crippen LogP contribution in [0.25, 0.3) is 0 Å². The van der Waals surface area contributed by atoms with Crippen molar-refractivity contribution in [2.45, 2.75) is 6.54 Å². The number of rotatable bonds is 4. The van der Waals surface area contributed by atoms with Gasteiger partial charge in [-0.1, -0.05) is 17.3 Å². The highest BCUT2D eigenvalue weighted by Gasteiger charge is 2.21. The maximum Gasteiger partial charge on any atom is 0.290 e. The molecule has 2 aromatic rings. The molecule has 1 aromatic heterocycles. The smallest absolute Gasteiger partial charge is 0.290 e. The second-order valence-corrected chi connectivity index (χ2v) is 5.27. The van der Waals surface area contributed by atoms with Crippen molar-refractivity contribution >= 4 is 11.6 Å². The predicted octanol–water partition coefficient (Wildman–Crippen LogP) is 0.362. The Morgan fingerprint density at radius 3 is 2.70 bits per heavy atom. The summed E-state index contributed by atoms with van der Waals surface area (Å²) in [5.74, 6) is -0.413. The predicted molar refractivity (Wildman–Crippen MR) is 81.5 cm³/mol. The van der Waals surface area contributed by atoms with Crippen LogP contribution in [0.15, 0.2) is 28.8 Å². The van der Waals surface area contributed by atoms with E-state index in [-0.39, 0.29) is 5.82 Å². The van der Waals surface area contributed by atoms with Crippen LogP contribution in [0.5, 0.6) is 0 Å². The van der Waals surface area contributed by atoms with Crippen molar-refractivity contribution < 1.29 is 9.32 Å². The van der Waals surface area contributed by atoms with Crippen LogP contribution in [-0.2, 0) is 6.54 Å². The summed E-state index contributed by atoms with van der Waals surface area (Å²) < 4.78 is 5.02. The van der Waals surface area contributed by atoms with E-state index in [1.807, 2.05) is 24.3 Å². The van der Waals surface area contributed by atoms with E-state index in [1.165, 1.54) is 0 Å². The molecule has 1 aromatic carbocycles. The van der Waals surface area contributed by atoms with Crippen LogP contribution in [0.2, 0.25) is 0 Å². The number of nitrogens with two attached hydrogens (primary N) is 1. The van der Waals surface area contributed by atoms with Gasteiger partial charge in [-0.15, -0.1) is 0 Å². The molecule has 1 amide bonds. The molecule has 0 aliphatic carbocycles. The summed E-state index contributed by atoms with van der Waals surface area (Å²) in [4.78, 5) is 19.3. The van der Waals surface area contributed by atoms with Crippen molar-refractivity contribution in [1.29, 1.82) is 5.26 Å². The fraction of sp³-hybridized carbons (Fsp3) is 0.333. The molecular formula is C15H16N6O2. The lowest BCUT2D eigenvalue weighted by atomic mass is 10.1. The summed E-state index contributed by atoms with van der Waals surface area (Å²) >= 11 is 0. The highest BCUT2D eigenvalue weighted by Crippen LogP contribution is 2.21. The maximum atomic E-state index is 11.0.